The summed E-state index contributed by atoms with van der Waals surface area (Å²) in [5, 5.41) is 25.5. The zero-order valence-corrected chi connectivity index (χ0v) is 19.4. The van der Waals surface area contributed by atoms with E-state index >= 15 is 0 Å². The molecular formula is C21H21ClN6O4S. The fourth-order valence-corrected chi connectivity index (χ4v) is 3.97. The molecule has 0 radical (unpaired) electrons. The minimum Gasteiger partial charge on any atom is -0.342 e. The van der Waals surface area contributed by atoms with Gasteiger partial charge in [0.1, 0.15) is 0 Å². The maximum absolute atomic E-state index is 12.4. The Hall–Kier alpha value is -3.44. The van der Waals surface area contributed by atoms with Gasteiger partial charge in [0.25, 0.3) is 11.6 Å². The third-order valence-electron chi connectivity index (χ3n) is 4.60. The Labute approximate surface area is 198 Å². The molecule has 2 aromatic carbocycles. The topological polar surface area (TPSA) is 132 Å². The normalized spacial score (nSPS) is 11.6. The van der Waals surface area contributed by atoms with Gasteiger partial charge in [-0.05, 0) is 32.0 Å². The molecule has 3 aromatic rings. The van der Waals surface area contributed by atoms with Crippen LogP contribution in [0.5, 0.6) is 0 Å². The van der Waals surface area contributed by atoms with Crippen LogP contribution in [0.2, 0.25) is 5.02 Å². The van der Waals surface area contributed by atoms with Crippen LogP contribution >= 0.6 is 23.4 Å². The number of benzene rings is 2. The predicted octanol–water partition coefficient (Wildman–Crippen LogP) is 4.08. The summed E-state index contributed by atoms with van der Waals surface area (Å²) in [6, 6.07) is 12.3. The van der Waals surface area contributed by atoms with Crippen LogP contribution in [0, 0.1) is 10.1 Å². The molecule has 172 valence electrons. The van der Waals surface area contributed by atoms with Gasteiger partial charge in [-0.3, -0.25) is 19.7 Å². The van der Waals surface area contributed by atoms with Crippen LogP contribution < -0.4 is 10.6 Å². The van der Waals surface area contributed by atoms with Crippen molar-refractivity contribution in [3.05, 3.63) is 75.1 Å². The maximum Gasteiger partial charge on any atom is 0.271 e. The summed E-state index contributed by atoms with van der Waals surface area (Å²) < 4.78 is 1.81. The number of halogens is 1. The van der Waals surface area contributed by atoms with Crippen molar-refractivity contribution in [1.29, 1.82) is 0 Å². The number of rotatable bonds is 9. The van der Waals surface area contributed by atoms with Crippen LogP contribution in [0.1, 0.15) is 36.1 Å². The predicted molar refractivity (Wildman–Crippen MR) is 125 cm³/mol. The Kier molecular flexibility index (Phi) is 8.01. The third-order valence-corrected chi connectivity index (χ3v) is 5.90. The van der Waals surface area contributed by atoms with Crippen molar-refractivity contribution in [2.45, 2.75) is 31.6 Å². The van der Waals surface area contributed by atoms with Crippen LogP contribution in [0.4, 0.5) is 11.4 Å². The molecule has 0 unspecified atom stereocenters. The molecule has 33 heavy (non-hydrogen) atoms. The molecule has 1 heterocycles. The Morgan fingerprint density at radius 3 is 2.61 bits per heavy atom. The second kappa shape index (κ2) is 10.9. The highest BCUT2D eigenvalue weighted by Gasteiger charge is 2.20. The number of nitro benzene ring substituents is 1. The second-order valence-corrected chi connectivity index (χ2v) is 8.25. The molecular weight excluding hydrogens is 468 g/mol. The molecule has 0 bridgehead atoms. The van der Waals surface area contributed by atoms with Crippen molar-refractivity contribution in [3.8, 4) is 0 Å². The van der Waals surface area contributed by atoms with Crippen molar-refractivity contribution < 1.29 is 14.5 Å². The summed E-state index contributed by atoms with van der Waals surface area (Å²) in [5.74, 6) is -0.0790. The van der Waals surface area contributed by atoms with E-state index in [2.05, 4.69) is 20.8 Å². The van der Waals surface area contributed by atoms with Gasteiger partial charge >= 0.3 is 0 Å². The zero-order valence-electron chi connectivity index (χ0n) is 17.8. The molecule has 12 heteroatoms. The van der Waals surface area contributed by atoms with Crippen LogP contribution in [0.25, 0.3) is 0 Å². The summed E-state index contributed by atoms with van der Waals surface area (Å²) in [7, 11) is 0. The highest BCUT2D eigenvalue weighted by atomic mass is 35.5. The van der Waals surface area contributed by atoms with E-state index in [1.54, 1.807) is 24.3 Å². The lowest BCUT2D eigenvalue weighted by molar-refractivity contribution is -0.384. The Balaban J connectivity index is 1.64. The summed E-state index contributed by atoms with van der Waals surface area (Å²) in [6.45, 7) is 4.25. The standard InChI is InChI=1S/C21H21ClN6O4S/c1-3-27-19(13(2)23-20(30)14-7-5-4-6-8-14)25-26-21(27)33-12-18(29)24-17-11-15(28(31)32)9-10-16(17)22/h4-11,13H,3,12H2,1-2H3,(H,23,30)(H,24,29)/t13-/m0/s1. The number of nitro groups is 1. The first-order chi connectivity index (χ1) is 15.8. The quantitative estimate of drug-likeness (QED) is 0.263. The first-order valence-corrected chi connectivity index (χ1v) is 11.3. The highest BCUT2D eigenvalue weighted by molar-refractivity contribution is 7.99. The molecule has 1 aromatic heterocycles. The van der Waals surface area contributed by atoms with Crippen molar-refractivity contribution >= 4 is 46.6 Å². The largest absolute Gasteiger partial charge is 0.342 e. The minimum absolute atomic E-state index is 0.0120. The van der Waals surface area contributed by atoms with Gasteiger partial charge in [0.15, 0.2) is 11.0 Å². The number of carbonyl (C=O) groups excluding carboxylic acids is 2. The molecule has 3 rings (SSSR count). The Morgan fingerprint density at radius 2 is 1.94 bits per heavy atom. The van der Waals surface area contributed by atoms with Crippen molar-refractivity contribution in [2.75, 3.05) is 11.1 Å². The summed E-state index contributed by atoms with van der Waals surface area (Å²) >= 11 is 7.19. The van der Waals surface area contributed by atoms with Crippen molar-refractivity contribution in [1.82, 2.24) is 20.1 Å². The molecule has 2 amide bonds. The number of hydrogen-bond acceptors (Lipinski definition) is 7. The number of thioether (sulfide) groups is 1. The monoisotopic (exact) mass is 488 g/mol. The van der Waals surface area contributed by atoms with E-state index in [4.69, 9.17) is 11.6 Å². The van der Waals surface area contributed by atoms with E-state index < -0.39 is 16.9 Å². The lowest BCUT2D eigenvalue weighted by Crippen LogP contribution is -2.28. The molecule has 2 N–H and O–H groups in total. The number of nitrogens with one attached hydrogen (secondary N) is 2. The van der Waals surface area contributed by atoms with Gasteiger partial charge < -0.3 is 15.2 Å². The molecule has 0 aliphatic heterocycles. The number of carbonyl (C=O) groups is 2. The first-order valence-electron chi connectivity index (χ1n) is 9.95. The maximum atomic E-state index is 12.4. The lowest BCUT2D eigenvalue weighted by Gasteiger charge is -2.15. The van der Waals surface area contributed by atoms with Gasteiger partial charge in [-0.2, -0.15) is 0 Å². The zero-order chi connectivity index (χ0) is 24.0. The van der Waals surface area contributed by atoms with Gasteiger partial charge in [0, 0.05) is 24.2 Å². The highest BCUT2D eigenvalue weighted by Crippen LogP contribution is 2.27. The number of hydrogen-bond donors (Lipinski definition) is 2. The number of non-ortho nitro benzene ring substituents is 1. The van der Waals surface area contributed by atoms with Gasteiger partial charge in [0.2, 0.25) is 5.91 Å². The van der Waals surface area contributed by atoms with E-state index in [-0.39, 0.29) is 28.1 Å². The van der Waals surface area contributed by atoms with E-state index in [1.807, 2.05) is 24.5 Å². The van der Waals surface area contributed by atoms with Crippen molar-refractivity contribution in [2.24, 2.45) is 0 Å². The number of aromatic nitrogens is 3. The fraction of sp³-hybridized carbons (Fsp3) is 0.238. The van der Waals surface area contributed by atoms with E-state index in [1.165, 1.54) is 18.2 Å². The fourth-order valence-electron chi connectivity index (χ4n) is 3.00. The smallest absolute Gasteiger partial charge is 0.271 e. The first kappa shape index (κ1) is 24.2. The van der Waals surface area contributed by atoms with E-state index in [9.17, 15) is 19.7 Å². The molecule has 1 atom stereocenters. The Morgan fingerprint density at radius 1 is 1.21 bits per heavy atom. The van der Waals surface area contributed by atoms with Gasteiger partial charge in [0.05, 0.1) is 27.4 Å². The molecule has 0 spiro atoms. The SMILES string of the molecule is CCn1c(SCC(=O)Nc2cc([N+](=O)[O-])ccc2Cl)nnc1[C@H](C)NC(=O)c1ccccc1. The second-order valence-electron chi connectivity index (χ2n) is 6.90. The number of amides is 2. The molecule has 10 nitrogen and oxygen atoms in total. The third kappa shape index (κ3) is 6.08. The number of nitrogens with zero attached hydrogens (tertiary/aromatic N) is 4. The molecule has 0 saturated heterocycles. The Bertz CT molecular complexity index is 1170. The molecule has 0 saturated carbocycles. The van der Waals surface area contributed by atoms with E-state index in [0.717, 1.165) is 11.8 Å². The minimum atomic E-state index is -0.566. The molecule has 0 aliphatic carbocycles. The van der Waals surface area contributed by atoms with Crippen LogP contribution in [0.15, 0.2) is 53.7 Å². The van der Waals surface area contributed by atoms with Crippen LogP contribution in [0.3, 0.4) is 0 Å². The molecule has 0 fully saturated rings. The van der Waals surface area contributed by atoms with Crippen LogP contribution in [-0.4, -0.2) is 37.3 Å². The van der Waals surface area contributed by atoms with Gasteiger partial charge in [-0.25, -0.2) is 0 Å². The van der Waals surface area contributed by atoms with Gasteiger partial charge in [-0.15, -0.1) is 10.2 Å². The van der Waals surface area contributed by atoms with E-state index in [0.29, 0.717) is 23.1 Å². The molecule has 0 aliphatic rings. The average molecular weight is 489 g/mol. The average Bonchev–Trinajstić information content (AvgIpc) is 3.22. The summed E-state index contributed by atoms with van der Waals surface area (Å²) in [4.78, 5) is 35.2. The lowest BCUT2D eigenvalue weighted by atomic mass is 10.2. The summed E-state index contributed by atoms with van der Waals surface area (Å²) in [6.07, 6.45) is 0. The van der Waals surface area contributed by atoms with Crippen molar-refractivity contribution in [3.63, 3.8) is 0 Å². The number of anilines is 1. The van der Waals surface area contributed by atoms with Gasteiger partial charge in [-0.1, -0.05) is 41.6 Å². The van der Waals surface area contributed by atoms with Crippen LogP contribution in [-0.2, 0) is 11.3 Å². The summed E-state index contributed by atoms with van der Waals surface area (Å²) in [5.41, 5.74) is 0.522.